The lowest BCUT2D eigenvalue weighted by atomic mass is 10.2. The minimum atomic E-state index is -1.58. The molecule has 14 heavy (non-hydrogen) atoms. The summed E-state index contributed by atoms with van der Waals surface area (Å²) in [6, 6.07) is 9.22. The summed E-state index contributed by atoms with van der Waals surface area (Å²) in [4.78, 5) is 11.0. The molecule has 0 aromatic heterocycles. The number of hydrogen-bond donors (Lipinski definition) is 0. The molecule has 1 aromatic carbocycles. The molecule has 0 saturated carbocycles. The normalized spacial score (nSPS) is 12.1. The molecule has 0 N–H and O–H groups in total. The average molecular weight is 212 g/mol. The van der Waals surface area contributed by atoms with E-state index in [2.05, 4.69) is 4.74 Å². The van der Waals surface area contributed by atoms with Gasteiger partial charge in [0, 0.05) is 0 Å². The van der Waals surface area contributed by atoms with Gasteiger partial charge >= 0.3 is 5.30 Å². The van der Waals surface area contributed by atoms with Gasteiger partial charge in [0.05, 0.1) is 12.4 Å². The van der Waals surface area contributed by atoms with Gasteiger partial charge in [0.15, 0.2) is 0 Å². The van der Waals surface area contributed by atoms with Crippen LogP contribution < -0.4 is 0 Å². The van der Waals surface area contributed by atoms with E-state index >= 15 is 0 Å². The van der Waals surface area contributed by atoms with E-state index in [0.29, 0.717) is 0 Å². The zero-order valence-electron chi connectivity index (χ0n) is 7.93. The van der Waals surface area contributed by atoms with E-state index in [4.69, 9.17) is 0 Å². The molecule has 1 rings (SSSR count). The predicted molar refractivity (Wildman–Crippen MR) is 55.3 cm³/mol. The second-order valence-corrected chi connectivity index (χ2v) is 3.97. The van der Waals surface area contributed by atoms with Crippen LogP contribution in [0.15, 0.2) is 30.3 Å². The Morgan fingerprint density at radius 2 is 2.00 bits per heavy atom. The van der Waals surface area contributed by atoms with Crippen molar-refractivity contribution in [2.45, 2.75) is 12.7 Å². The van der Waals surface area contributed by atoms with E-state index in [0.717, 1.165) is 5.56 Å². The SMILES string of the molecule is CCOC(=O)S(=O)Cc1ccccc1. The number of benzene rings is 1. The van der Waals surface area contributed by atoms with Crippen molar-refractivity contribution >= 4 is 16.1 Å². The molecule has 1 unspecified atom stereocenters. The maximum Gasteiger partial charge on any atom is 0.398 e. The summed E-state index contributed by atoms with van der Waals surface area (Å²) in [5.74, 6) is 0.222. The Bertz CT molecular complexity index is 321. The van der Waals surface area contributed by atoms with Crippen LogP contribution in [0.3, 0.4) is 0 Å². The van der Waals surface area contributed by atoms with Crippen LogP contribution in [0.5, 0.6) is 0 Å². The molecule has 1 atom stereocenters. The molecule has 3 nitrogen and oxygen atoms in total. The van der Waals surface area contributed by atoms with Gasteiger partial charge in [-0.2, -0.15) is 0 Å². The van der Waals surface area contributed by atoms with Gasteiger partial charge in [-0.15, -0.1) is 0 Å². The molecule has 0 fully saturated rings. The van der Waals surface area contributed by atoms with Crippen LogP contribution in [0, 0.1) is 0 Å². The summed E-state index contributed by atoms with van der Waals surface area (Å²) in [6.45, 7) is 1.96. The highest BCUT2D eigenvalue weighted by Crippen LogP contribution is 2.04. The van der Waals surface area contributed by atoms with Crippen molar-refractivity contribution < 1.29 is 13.7 Å². The van der Waals surface area contributed by atoms with Crippen molar-refractivity contribution in [1.29, 1.82) is 0 Å². The largest absolute Gasteiger partial charge is 0.456 e. The van der Waals surface area contributed by atoms with E-state index in [1.165, 1.54) is 0 Å². The van der Waals surface area contributed by atoms with Crippen molar-refractivity contribution in [3.8, 4) is 0 Å². The van der Waals surface area contributed by atoms with E-state index in [9.17, 15) is 9.00 Å². The molecule has 4 heteroatoms. The molecule has 0 radical (unpaired) electrons. The van der Waals surface area contributed by atoms with Crippen LogP contribution in [-0.4, -0.2) is 16.1 Å². The molecular formula is C10H12O3S. The van der Waals surface area contributed by atoms with Crippen LogP contribution in [0.25, 0.3) is 0 Å². The van der Waals surface area contributed by atoms with E-state index in [1.54, 1.807) is 6.92 Å². The Hall–Kier alpha value is -1.16. The van der Waals surface area contributed by atoms with Crippen LogP contribution in [-0.2, 0) is 21.3 Å². The Morgan fingerprint density at radius 3 is 2.57 bits per heavy atom. The van der Waals surface area contributed by atoms with Gasteiger partial charge in [-0.1, -0.05) is 30.3 Å². The summed E-state index contributed by atoms with van der Waals surface area (Å²) in [7, 11) is -1.58. The summed E-state index contributed by atoms with van der Waals surface area (Å²) in [5.41, 5.74) is 0.874. The van der Waals surface area contributed by atoms with Crippen LogP contribution >= 0.6 is 0 Å². The fourth-order valence-electron chi connectivity index (χ4n) is 0.968. The molecule has 76 valence electrons. The number of rotatable bonds is 3. The maximum absolute atomic E-state index is 11.3. The second kappa shape index (κ2) is 5.54. The van der Waals surface area contributed by atoms with E-state index in [-0.39, 0.29) is 12.4 Å². The molecule has 0 aliphatic carbocycles. The van der Waals surface area contributed by atoms with Crippen molar-refractivity contribution in [1.82, 2.24) is 0 Å². The first kappa shape index (κ1) is 10.9. The third-order valence-electron chi connectivity index (χ3n) is 1.59. The molecule has 0 heterocycles. The second-order valence-electron chi connectivity index (χ2n) is 2.66. The van der Waals surface area contributed by atoms with Gasteiger partial charge < -0.3 is 4.74 Å². The van der Waals surface area contributed by atoms with Gasteiger partial charge in [0.1, 0.15) is 10.8 Å². The molecule has 0 amide bonds. The van der Waals surface area contributed by atoms with Crippen LogP contribution in [0.1, 0.15) is 12.5 Å². The highest BCUT2D eigenvalue weighted by molar-refractivity contribution is 7.99. The lowest BCUT2D eigenvalue weighted by Gasteiger charge is -2.01. The first-order valence-corrected chi connectivity index (χ1v) is 5.65. The predicted octanol–water partition coefficient (Wildman–Crippen LogP) is 2.09. The minimum Gasteiger partial charge on any atom is -0.456 e. The van der Waals surface area contributed by atoms with Gasteiger partial charge in [0.25, 0.3) is 0 Å². The fraction of sp³-hybridized carbons (Fsp3) is 0.300. The lowest BCUT2D eigenvalue weighted by Crippen LogP contribution is -2.11. The standard InChI is InChI=1S/C10H12O3S/c1-2-13-10(11)14(12)8-9-6-4-3-5-7-9/h3-7H,2,8H2,1H3. The molecule has 0 bridgehead atoms. The Labute approximate surface area is 85.5 Å². The highest BCUT2D eigenvalue weighted by atomic mass is 32.2. The summed E-state index contributed by atoms with van der Waals surface area (Å²) in [5, 5.41) is -0.642. The zero-order valence-corrected chi connectivity index (χ0v) is 8.75. The molecule has 0 aliphatic heterocycles. The zero-order chi connectivity index (χ0) is 10.4. The van der Waals surface area contributed by atoms with Crippen LogP contribution in [0.4, 0.5) is 4.79 Å². The molecule has 0 spiro atoms. The van der Waals surface area contributed by atoms with Crippen molar-refractivity contribution in [2.24, 2.45) is 0 Å². The van der Waals surface area contributed by atoms with Gasteiger partial charge in [-0.05, 0) is 12.5 Å². The van der Waals surface area contributed by atoms with Crippen molar-refractivity contribution in [3.63, 3.8) is 0 Å². The van der Waals surface area contributed by atoms with Gasteiger partial charge in [-0.25, -0.2) is 9.00 Å². The smallest absolute Gasteiger partial charge is 0.398 e. The van der Waals surface area contributed by atoms with Gasteiger partial charge in [0.2, 0.25) is 0 Å². The first-order valence-electron chi connectivity index (χ1n) is 4.33. The summed E-state index contributed by atoms with van der Waals surface area (Å²) < 4.78 is 16.0. The fourth-order valence-corrected chi connectivity index (χ4v) is 1.83. The molecule has 1 aromatic rings. The third-order valence-corrected chi connectivity index (χ3v) is 2.67. The van der Waals surface area contributed by atoms with E-state index in [1.807, 2.05) is 30.3 Å². The van der Waals surface area contributed by atoms with Crippen molar-refractivity contribution in [3.05, 3.63) is 35.9 Å². The average Bonchev–Trinajstić information content (AvgIpc) is 2.19. The molecule has 0 aliphatic rings. The summed E-state index contributed by atoms with van der Waals surface area (Å²) in [6.07, 6.45) is 0. The number of ether oxygens (including phenoxy) is 1. The Balaban J connectivity index is 2.53. The number of carbonyl (C=O) groups excluding carboxylic acids is 1. The topological polar surface area (TPSA) is 43.4 Å². The lowest BCUT2D eigenvalue weighted by molar-refractivity contribution is 0.180. The molecular weight excluding hydrogens is 200 g/mol. The first-order chi connectivity index (χ1) is 6.74. The van der Waals surface area contributed by atoms with Crippen LogP contribution in [0.2, 0.25) is 0 Å². The Morgan fingerprint density at radius 1 is 1.36 bits per heavy atom. The van der Waals surface area contributed by atoms with Gasteiger partial charge in [-0.3, -0.25) is 0 Å². The molecule has 0 saturated heterocycles. The third kappa shape index (κ3) is 3.30. The van der Waals surface area contributed by atoms with E-state index < -0.39 is 16.1 Å². The number of hydrogen-bond acceptors (Lipinski definition) is 3. The minimum absolute atomic E-state index is 0.222. The quantitative estimate of drug-likeness (QED) is 0.720. The monoisotopic (exact) mass is 212 g/mol. The van der Waals surface area contributed by atoms with Crippen molar-refractivity contribution in [2.75, 3.05) is 6.61 Å². The Kier molecular flexibility index (Phi) is 4.32. The summed E-state index contributed by atoms with van der Waals surface area (Å²) >= 11 is 0. The number of carbonyl (C=O) groups is 1. The maximum atomic E-state index is 11.3. The highest BCUT2D eigenvalue weighted by Gasteiger charge is 2.12.